The lowest BCUT2D eigenvalue weighted by atomic mass is 10.0. The molecule has 2 N–H and O–H groups in total. The van der Waals surface area contributed by atoms with E-state index < -0.39 is 0 Å². The second-order valence-electron chi connectivity index (χ2n) is 6.71. The zero-order valence-corrected chi connectivity index (χ0v) is 13.9. The highest BCUT2D eigenvalue weighted by Crippen LogP contribution is 2.47. The zero-order chi connectivity index (χ0) is 17.2. The topological polar surface area (TPSA) is 49.3 Å². The highest BCUT2D eigenvalue weighted by molar-refractivity contribution is 5.85. The third-order valence-electron chi connectivity index (χ3n) is 5.03. The Morgan fingerprint density at radius 1 is 1.00 bits per heavy atom. The number of carbonyl (C=O) groups excluding carboxylic acids is 1. The average molecular weight is 331 g/mol. The minimum absolute atomic E-state index is 0.0110. The van der Waals surface area contributed by atoms with Gasteiger partial charge in [-0.05, 0) is 40.3 Å². The van der Waals surface area contributed by atoms with Crippen molar-refractivity contribution >= 4 is 16.7 Å². The van der Waals surface area contributed by atoms with Crippen LogP contribution in [0.5, 0.6) is 0 Å². The molecule has 1 aliphatic rings. The molecule has 3 aromatic rings. The molecule has 4 rings (SSSR count). The number of amides is 1. The summed E-state index contributed by atoms with van der Waals surface area (Å²) in [6, 6.07) is 23.9. The minimum Gasteiger partial charge on any atom is -0.394 e. The molecule has 1 aliphatic carbocycles. The molecule has 1 saturated carbocycles. The first-order valence-corrected chi connectivity index (χ1v) is 8.71. The molecule has 0 aromatic heterocycles. The zero-order valence-electron chi connectivity index (χ0n) is 13.9. The Kier molecular flexibility index (Phi) is 4.24. The maximum atomic E-state index is 12.6. The smallest absolute Gasteiger partial charge is 0.224 e. The first kappa shape index (κ1) is 15.9. The fourth-order valence-electron chi connectivity index (χ4n) is 3.49. The van der Waals surface area contributed by atoms with Crippen LogP contribution in [0.25, 0.3) is 10.8 Å². The molecular formula is C22H21NO2. The molecule has 1 fully saturated rings. The van der Waals surface area contributed by atoms with Crippen LogP contribution in [-0.4, -0.2) is 17.6 Å². The quantitative estimate of drug-likeness (QED) is 0.747. The van der Waals surface area contributed by atoms with Crippen LogP contribution >= 0.6 is 0 Å². The van der Waals surface area contributed by atoms with E-state index in [0.717, 1.165) is 22.8 Å². The van der Waals surface area contributed by atoms with E-state index in [9.17, 15) is 9.90 Å². The van der Waals surface area contributed by atoms with Gasteiger partial charge in [0.15, 0.2) is 0 Å². The van der Waals surface area contributed by atoms with Crippen LogP contribution in [0, 0.1) is 5.92 Å². The third kappa shape index (κ3) is 3.28. The second kappa shape index (κ2) is 6.69. The Morgan fingerprint density at radius 3 is 2.48 bits per heavy atom. The lowest BCUT2D eigenvalue weighted by Crippen LogP contribution is -2.32. The summed E-state index contributed by atoms with van der Waals surface area (Å²) >= 11 is 0. The molecule has 0 aliphatic heterocycles. The number of aliphatic hydroxyl groups excluding tert-OH is 1. The summed E-state index contributed by atoms with van der Waals surface area (Å²) in [6.07, 6.45) is 0.881. The van der Waals surface area contributed by atoms with Gasteiger partial charge in [-0.2, -0.15) is 0 Å². The van der Waals surface area contributed by atoms with Gasteiger partial charge in [0.1, 0.15) is 0 Å². The van der Waals surface area contributed by atoms with Crippen molar-refractivity contribution in [3.05, 3.63) is 83.9 Å². The van der Waals surface area contributed by atoms with Crippen molar-refractivity contribution in [2.45, 2.75) is 18.4 Å². The lowest BCUT2D eigenvalue weighted by Gasteiger charge is -2.17. The summed E-state index contributed by atoms with van der Waals surface area (Å²) in [5.74, 6) is 0.343. The summed E-state index contributed by atoms with van der Waals surface area (Å²) < 4.78 is 0. The maximum absolute atomic E-state index is 12.6. The monoisotopic (exact) mass is 331 g/mol. The van der Waals surface area contributed by atoms with Crippen molar-refractivity contribution in [2.75, 3.05) is 6.61 Å². The molecule has 25 heavy (non-hydrogen) atoms. The number of benzene rings is 3. The Morgan fingerprint density at radius 2 is 1.72 bits per heavy atom. The standard InChI is InChI=1S/C22H21NO2/c24-14-21(18-11-10-15-6-4-5-9-17(15)12-18)23-22(25)20-13-19(20)16-7-2-1-3-8-16/h1-12,19-21,24H,13-14H2,(H,23,25)/t19-,20-,21-/m0/s1. The van der Waals surface area contributed by atoms with Crippen molar-refractivity contribution < 1.29 is 9.90 Å². The van der Waals surface area contributed by atoms with E-state index in [1.807, 2.05) is 54.6 Å². The molecule has 0 bridgehead atoms. The van der Waals surface area contributed by atoms with Gasteiger partial charge in [-0.25, -0.2) is 0 Å². The van der Waals surface area contributed by atoms with Gasteiger partial charge < -0.3 is 10.4 Å². The van der Waals surface area contributed by atoms with Gasteiger partial charge in [0.25, 0.3) is 0 Å². The summed E-state index contributed by atoms with van der Waals surface area (Å²) in [4.78, 5) is 12.6. The molecule has 3 aromatic carbocycles. The summed E-state index contributed by atoms with van der Waals surface area (Å²) in [6.45, 7) is -0.104. The predicted molar refractivity (Wildman–Crippen MR) is 99.2 cm³/mol. The van der Waals surface area contributed by atoms with Gasteiger partial charge in [-0.15, -0.1) is 0 Å². The molecule has 0 spiro atoms. The number of hydrogen-bond acceptors (Lipinski definition) is 2. The van der Waals surface area contributed by atoms with Crippen LogP contribution in [0.3, 0.4) is 0 Å². The average Bonchev–Trinajstić information content (AvgIpc) is 3.47. The highest BCUT2D eigenvalue weighted by Gasteiger charge is 2.44. The van der Waals surface area contributed by atoms with Gasteiger partial charge >= 0.3 is 0 Å². The largest absolute Gasteiger partial charge is 0.394 e. The summed E-state index contributed by atoms with van der Waals surface area (Å²) in [5, 5.41) is 15.1. The van der Waals surface area contributed by atoms with Crippen molar-refractivity contribution in [3.63, 3.8) is 0 Å². The molecule has 0 saturated heterocycles. The predicted octanol–water partition coefficient (Wildman–Crippen LogP) is 3.79. The number of hydrogen-bond donors (Lipinski definition) is 2. The van der Waals surface area contributed by atoms with Gasteiger partial charge in [0, 0.05) is 5.92 Å². The normalized spacial score (nSPS) is 20.2. The van der Waals surface area contributed by atoms with Crippen molar-refractivity contribution in [2.24, 2.45) is 5.92 Å². The Bertz CT molecular complexity index is 891. The number of nitrogens with one attached hydrogen (secondary N) is 1. The first-order chi connectivity index (χ1) is 12.3. The highest BCUT2D eigenvalue weighted by atomic mass is 16.3. The Labute approximate surface area is 147 Å². The van der Waals surface area contributed by atoms with E-state index in [-0.39, 0.29) is 24.5 Å². The molecule has 0 heterocycles. The van der Waals surface area contributed by atoms with Crippen molar-refractivity contribution in [1.29, 1.82) is 0 Å². The second-order valence-corrected chi connectivity index (χ2v) is 6.71. The van der Waals surface area contributed by atoms with E-state index >= 15 is 0 Å². The number of fused-ring (bicyclic) bond motifs is 1. The van der Waals surface area contributed by atoms with E-state index in [2.05, 4.69) is 23.5 Å². The van der Waals surface area contributed by atoms with Crippen LogP contribution in [0.4, 0.5) is 0 Å². The van der Waals surface area contributed by atoms with Gasteiger partial charge in [-0.1, -0.05) is 66.7 Å². The van der Waals surface area contributed by atoms with Gasteiger partial charge in [0.05, 0.1) is 12.6 Å². The lowest BCUT2D eigenvalue weighted by molar-refractivity contribution is -0.123. The number of carbonyl (C=O) groups is 1. The van der Waals surface area contributed by atoms with E-state index in [4.69, 9.17) is 0 Å². The maximum Gasteiger partial charge on any atom is 0.224 e. The molecular weight excluding hydrogens is 310 g/mol. The van der Waals surface area contributed by atoms with Crippen LogP contribution in [0.2, 0.25) is 0 Å². The molecule has 3 atom stereocenters. The SMILES string of the molecule is O=C(N[C@@H](CO)c1ccc2ccccc2c1)[C@H]1C[C@H]1c1ccccc1. The minimum atomic E-state index is -0.367. The molecule has 1 amide bonds. The van der Waals surface area contributed by atoms with Crippen LogP contribution < -0.4 is 5.32 Å². The first-order valence-electron chi connectivity index (χ1n) is 8.71. The van der Waals surface area contributed by atoms with Gasteiger partial charge in [0.2, 0.25) is 5.91 Å². The Hall–Kier alpha value is -2.65. The number of aliphatic hydroxyl groups is 1. The fraction of sp³-hybridized carbons (Fsp3) is 0.227. The van der Waals surface area contributed by atoms with E-state index in [0.29, 0.717) is 5.92 Å². The van der Waals surface area contributed by atoms with Gasteiger partial charge in [-0.3, -0.25) is 4.79 Å². The van der Waals surface area contributed by atoms with E-state index in [1.54, 1.807) is 0 Å². The molecule has 126 valence electrons. The molecule has 3 nitrogen and oxygen atoms in total. The van der Waals surface area contributed by atoms with Crippen LogP contribution in [0.15, 0.2) is 72.8 Å². The van der Waals surface area contributed by atoms with Crippen molar-refractivity contribution in [1.82, 2.24) is 5.32 Å². The van der Waals surface area contributed by atoms with Crippen LogP contribution in [-0.2, 0) is 4.79 Å². The fourth-order valence-corrected chi connectivity index (χ4v) is 3.49. The third-order valence-corrected chi connectivity index (χ3v) is 5.03. The Balaban J connectivity index is 1.47. The van der Waals surface area contributed by atoms with Crippen molar-refractivity contribution in [3.8, 4) is 0 Å². The molecule has 0 radical (unpaired) electrons. The molecule has 0 unspecified atom stereocenters. The molecule has 3 heteroatoms. The summed E-state index contributed by atoms with van der Waals surface area (Å²) in [5.41, 5.74) is 2.15. The number of rotatable bonds is 5. The van der Waals surface area contributed by atoms with Crippen LogP contribution in [0.1, 0.15) is 29.5 Å². The van der Waals surface area contributed by atoms with E-state index in [1.165, 1.54) is 5.56 Å². The summed E-state index contributed by atoms with van der Waals surface area (Å²) in [7, 11) is 0.